The molecular formula is C10H14Cl2CoN2O+. The molecule has 0 radical (unpaired) electrons. The van der Waals surface area contributed by atoms with E-state index in [1.165, 1.54) is 0 Å². The number of hydrogen-bond acceptors (Lipinski definition) is 3. The van der Waals surface area contributed by atoms with E-state index in [1.807, 2.05) is 18.3 Å². The second kappa shape index (κ2) is 9.21. The van der Waals surface area contributed by atoms with E-state index >= 15 is 0 Å². The quantitative estimate of drug-likeness (QED) is 0.838. The molecule has 0 aliphatic carbocycles. The van der Waals surface area contributed by atoms with Crippen LogP contribution >= 0.6 is 20.3 Å². The number of halogens is 2. The number of hydrogen-bond donors (Lipinski definition) is 0. The number of pyridine rings is 1. The van der Waals surface area contributed by atoms with Crippen LogP contribution in [0.4, 0.5) is 0 Å². The van der Waals surface area contributed by atoms with E-state index in [1.54, 1.807) is 0 Å². The van der Waals surface area contributed by atoms with Crippen LogP contribution in [0.25, 0.3) is 0 Å². The minimum Gasteiger partial charge on any atom is -0.379 e. The van der Waals surface area contributed by atoms with E-state index in [4.69, 9.17) is 25.0 Å². The van der Waals surface area contributed by atoms with Gasteiger partial charge in [-0.1, -0.05) is 6.07 Å². The van der Waals surface area contributed by atoms with Crippen molar-refractivity contribution in [2.75, 3.05) is 26.3 Å². The Morgan fingerprint density at radius 2 is 2.00 bits per heavy atom. The molecule has 92 valence electrons. The molecule has 16 heavy (non-hydrogen) atoms. The Kier molecular flexibility index (Phi) is 8.19. The van der Waals surface area contributed by atoms with Gasteiger partial charge in [-0.05, 0) is 12.1 Å². The van der Waals surface area contributed by atoms with Crippen LogP contribution in [0.15, 0.2) is 24.4 Å². The fourth-order valence-corrected chi connectivity index (χ4v) is 1.48. The summed E-state index contributed by atoms with van der Waals surface area (Å²) in [6, 6.07) is 6.04. The molecule has 0 atom stereocenters. The van der Waals surface area contributed by atoms with Crippen molar-refractivity contribution in [3.05, 3.63) is 30.1 Å². The molecule has 0 unspecified atom stereocenters. The molecule has 1 saturated heterocycles. The third kappa shape index (κ3) is 6.03. The molecule has 0 aromatic carbocycles. The van der Waals surface area contributed by atoms with Gasteiger partial charge >= 0.3 is 33.2 Å². The smallest absolute Gasteiger partial charge is 0.0594 e. The molecule has 1 aromatic heterocycles. The zero-order valence-electron chi connectivity index (χ0n) is 8.74. The zero-order valence-corrected chi connectivity index (χ0v) is 11.3. The minimum atomic E-state index is 0.382. The van der Waals surface area contributed by atoms with Gasteiger partial charge in [0.15, 0.2) is 0 Å². The summed E-state index contributed by atoms with van der Waals surface area (Å²) < 4.78 is 5.28. The number of morpholine rings is 1. The van der Waals surface area contributed by atoms with Crippen LogP contribution in [0.3, 0.4) is 0 Å². The van der Waals surface area contributed by atoms with Crippen LogP contribution in [-0.4, -0.2) is 36.2 Å². The van der Waals surface area contributed by atoms with Crippen molar-refractivity contribution in [3.63, 3.8) is 0 Å². The Labute approximate surface area is 111 Å². The number of nitrogens with zero attached hydrogens (tertiary/aromatic N) is 2. The summed E-state index contributed by atoms with van der Waals surface area (Å²) >= 11 is 0.382. The topological polar surface area (TPSA) is 25.4 Å². The van der Waals surface area contributed by atoms with Gasteiger partial charge in [-0.25, -0.2) is 0 Å². The second-order valence-electron chi connectivity index (χ2n) is 3.26. The summed E-state index contributed by atoms with van der Waals surface area (Å²) in [6.07, 6.45) is 1.84. The first kappa shape index (κ1) is 14.2. The molecule has 0 N–H and O–H groups in total. The van der Waals surface area contributed by atoms with Crippen LogP contribution in [-0.2, 0) is 24.2 Å². The molecule has 0 spiro atoms. The summed E-state index contributed by atoms with van der Waals surface area (Å²) in [5.41, 5.74) is 1.14. The molecular weight excluding hydrogens is 294 g/mol. The first-order valence-corrected chi connectivity index (χ1v) is 7.77. The van der Waals surface area contributed by atoms with E-state index in [9.17, 15) is 0 Å². The normalized spacial score (nSPS) is 16.6. The molecule has 0 saturated carbocycles. The fourth-order valence-electron chi connectivity index (χ4n) is 1.48. The summed E-state index contributed by atoms with van der Waals surface area (Å²) in [7, 11) is 9.47. The monoisotopic (exact) mass is 307 g/mol. The van der Waals surface area contributed by atoms with Crippen molar-refractivity contribution in [1.82, 2.24) is 9.88 Å². The van der Waals surface area contributed by atoms with Gasteiger partial charge in [0.2, 0.25) is 0 Å². The molecule has 0 bridgehead atoms. The number of rotatable bonds is 2. The summed E-state index contributed by atoms with van der Waals surface area (Å²) in [4.78, 5) is 6.66. The largest absolute Gasteiger partial charge is 0.379 e. The van der Waals surface area contributed by atoms with Crippen LogP contribution in [0.1, 0.15) is 5.69 Å². The van der Waals surface area contributed by atoms with Crippen molar-refractivity contribution in [3.8, 4) is 0 Å². The molecule has 2 rings (SSSR count). The Morgan fingerprint density at radius 1 is 1.31 bits per heavy atom. The maximum absolute atomic E-state index is 5.28. The van der Waals surface area contributed by atoms with Gasteiger partial charge in [0, 0.05) is 25.8 Å². The van der Waals surface area contributed by atoms with Gasteiger partial charge in [-0.3, -0.25) is 9.88 Å². The SMILES string of the molecule is [Cl][Co+][Cl].c1ccc(CN2CCOCC2)nc1. The Hall–Kier alpha value is 0.156. The average molecular weight is 308 g/mol. The first-order chi connectivity index (χ1) is 7.86. The van der Waals surface area contributed by atoms with Crippen LogP contribution in [0, 0.1) is 0 Å². The molecule has 6 heteroatoms. The number of aromatic nitrogens is 1. The van der Waals surface area contributed by atoms with Gasteiger partial charge in [-0.2, -0.15) is 0 Å². The van der Waals surface area contributed by atoms with Gasteiger partial charge < -0.3 is 4.74 Å². The van der Waals surface area contributed by atoms with E-state index in [-0.39, 0.29) is 0 Å². The van der Waals surface area contributed by atoms with Crippen molar-refractivity contribution in [1.29, 1.82) is 0 Å². The van der Waals surface area contributed by atoms with Crippen molar-refractivity contribution in [2.45, 2.75) is 6.54 Å². The van der Waals surface area contributed by atoms with Gasteiger partial charge in [-0.15, -0.1) is 0 Å². The van der Waals surface area contributed by atoms with Crippen molar-refractivity contribution in [2.24, 2.45) is 0 Å². The number of ether oxygens (including phenoxy) is 1. The molecule has 1 aliphatic heterocycles. The van der Waals surface area contributed by atoms with Crippen molar-refractivity contribution >= 4 is 20.3 Å². The summed E-state index contributed by atoms with van der Waals surface area (Å²) in [6.45, 7) is 4.71. The minimum absolute atomic E-state index is 0.382. The average Bonchev–Trinajstić information content (AvgIpc) is 2.33. The molecule has 1 aromatic rings. The van der Waals surface area contributed by atoms with E-state index < -0.39 is 0 Å². The molecule has 1 fully saturated rings. The van der Waals surface area contributed by atoms with Gasteiger partial charge in [0.25, 0.3) is 0 Å². The maximum Gasteiger partial charge on any atom is 0.0594 e. The molecule has 1 aliphatic rings. The van der Waals surface area contributed by atoms with Crippen LogP contribution in [0.2, 0.25) is 0 Å². The van der Waals surface area contributed by atoms with Crippen molar-refractivity contribution < 1.29 is 17.6 Å². The van der Waals surface area contributed by atoms with Gasteiger partial charge in [0.05, 0.1) is 18.9 Å². The van der Waals surface area contributed by atoms with Crippen LogP contribution in [0.5, 0.6) is 0 Å². The second-order valence-corrected chi connectivity index (χ2v) is 4.98. The van der Waals surface area contributed by atoms with Gasteiger partial charge in [0.1, 0.15) is 0 Å². The Morgan fingerprint density at radius 3 is 2.56 bits per heavy atom. The third-order valence-corrected chi connectivity index (χ3v) is 2.22. The summed E-state index contributed by atoms with van der Waals surface area (Å²) in [5, 5.41) is 0. The Balaban J connectivity index is 0.000000386. The first-order valence-electron chi connectivity index (χ1n) is 4.90. The Bertz CT molecular complexity index is 271. The molecule has 2 heterocycles. The maximum atomic E-state index is 5.28. The molecule has 3 nitrogen and oxygen atoms in total. The zero-order chi connectivity index (χ0) is 11.6. The molecule has 0 amide bonds. The van der Waals surface area contributed by atoms with Crippen LogP contribution < -0.4 is 0 Å². The van der Waals surface area contributed by atoms with E-state index in [0.717, 1.165) is 38.5 Å². The fraction of sp³-hybridized carbons (Fsp3) is 0.500. The van der Waals surface area contributed by atoms with E-state index in [0.29, 0.717) is 12.9 Å². The third-order valence-electron chi connectivity index (χ3n) is 2.22. The predicted molar refractivity (Wildman–Crippen MR) is 62.0 cm³/mol. The standard InChI is InChI=1S/C10H14N2O.2ClH.Co/c1-2-4-11-10(3-1)9-12-5-7-13-8-6-12;;;/h1-4H,5-9H2;2*1H;/q;;;+3/p-2. The van der Waals surface area contributed by atoms with E-state index in [2.05, 4.69) is 16.0 Å². The summed E-state index contributed by atoms with van der Waals surface area (Å²) in [5.74, 6) is 0. The predicted octanol–water partition coefficient (Wildman–Crippen LogP) is 2.29.